The zero-order valence-electron chi connectivity index (χ0n) is 14.0. The highest BCUT2D eigenvalue weighted by molar-refractivity contribution is 5.81. The van der Waals surface area contributed by atoms with E-state index in [-0.39, 0.29) is 17.7 Å². The quantitative estimate of drug-likeness (QED) is 0.805. The van der Waals surface area contributed by atoms with Crippen LogP contribution in [0.4, 0.5) is 0 Å². The average Bonchev–Trinajstić information content (AvgIpc) is 2.96. The number of nitrogens with one attached hydrogen (secondary N) is 1. The van der Waals surface area contributed by atoms with Gasteiger partial charge in [-0.25, -0.2) is 0 Å². The lowest BCUT2D eigenvalue weighted by Crippen LogP contribution is -2.44. The zero-order valence-corrected chi connectivity index (χ0v) is 14.0. The van der Waals surface area contributed by atoms with Crippen LogP contribution in [0, 0.1) is 5.92 Å². The molecule has 1 aromatic carbocycles. The molecule has 1 heterocycles. The van der Waals surface area contributed by atoms with Crippen LogP contribution in [0.1, 0.15) is 44.2 Å². The van der Waals surface area contributed by atoms with Gasteiger partial charge in [0.15, 0.2) is 0 Å². The van der Waals surface area contributed by atoms with Gasteiger partial charge in [-0.05, 0) is 23.5 Å². The molecular formula is C18H27N3O2. The van der Waals surface area contributed by atoms with Crippen LogP contribution in [0.2, 0.25) is 0 Å². The van der Waals surface area contributed by atoms with Gasteiger partial charge < -0.3 is 16.0 Å². The molecule has 2 unspecified atom stereocenters. The van der Waals surface area contributed by atoms with E-state index in [1.54, 1.807) is 0 Å². The van der Waals surface area contributed by atoms with Gasteiger partial charge in [0, 0.05) is 26.1 Å². The number of amides is 2. The van der Waals surface area contributed by atoms with E-state index in [1.165, 1.54) is 0 Å². The molecule has 1 aromatic rings. The van der Waals surface area contributed by atoms with E-state index >= 15 is 0 Å². The first kappa shape index (κ1) is 17.5. The number of hydrogen-bond donors (Lipinski definition) is 2. The van der Waals surface area contributed by atoms with E-state index in [9.17, 15) is 9.59 Å². The SMILES string of the molecule is CCC(C)C(N)C(=O)NCc1cccc(CN2CCCC2=O)c1. The number of benzene rings is 1. The van der Waals surface area contributed by atoms with Crippen LogP contribution >= 0.6 is 0 Å². The van der Waals surface area contributed by atoms with Crippen LogP contribution in [0.5, 0.6) is 0 Å². The fraction of sp³-hybridized carbons (Fsp3) is 0.556. The molecule has 0 spiro atoms. The molecule has 5 nitrogen and oxygen atoms in total. The highest BCUT2D eigenvalue weighted by atomic mass is 16.2. The summed E-state index contributed by atoms with van der Waals surface area (Å²) in [6.45, 7) is 5.96. The number of carbonyl (C=O) groups excluding carboxylic acids is 2. The summed E-state index contributed by atoms with van der Waals surface area (Å²) < 4.78 is 0. The van der Waals surface area contributed by atoms with E-state index in [0.717, 1.165) is 30.5 Å². The Kier molecular flexibility index (Phi) is 6.16. The Labute approximate surface area is 138 Å². The van der Waals surface area contributed by atoms with Gasteiger partial charge in [-0.3, -0.25) is 9.59 Å². The Morgan fingerprint density at radius 2 is 2.13 bits per heavy atom. The van der Waals surface area contributed by atoms with Crippen molar-refractivity contribution < 1.29 is 9.59 Å². The third-order valence-corrected chi connectivity index (χ3v) is 4.56. The molecule has 2 atom stereocenters. The smallest absolute Gasteiger partial charge is 0.237 e. The zero-order chi connectivity index (χ0) is 16.8. The molecule has 1 saturated heterocycles. The second-order valence-corrected chi connectivity index (χ2v) is 6.37. The van der Waals surface area contributed by atoms with Crippen LogP contribution in [-0.2, 0) is 22.7 Å². The van der Waals surface area contributed by atoms with Gasteiger partial charge in [0.1, 0.15) is 0 Å². The largest absolute Gasteiger partial charge is 0.351 e. The summed E-state index contributed by atoms with van der Waals surface area (Å²) >= 11 is 0. The van der Waals surface area contributed by atoms with Gasteiger partial charge in [0.05, 0.1) is 6.04 Å². The summed E-state index contributed by atoms with van der Waals surface area (Å²) in [5.41, 5.74) is 8.06. The molecule has 0 aliphatic carbocycles. The third kappa shape index (κ3) is 4.79. The second kappa shape index (κ2) is 8.11. The number of likely N-dealkylation sites (tertiary alicyclic amines) is 1. The van der Waals surface area contributed by atoms with Crippen molar-refractivity contribution in [3.05, 3.63) is 35.4 Å². The van der Waals surface area contributed by atoms with Crippen molar-refractivity contribution in [2.45, 2.75) is 52.2 Å². The molecule has 0 aromatic heterocycles. The third-order valence-electron chi connectivity index (χ3n) is 4.56. The Balaban J connectivity index is 1.90. The molecule has 1 aliphatic heterocycles. The maximum atomic E-state index is 12.0. The monoisotopic (exact) mass is 317 g/mol. The van der Waals surface area contributed by atoms with Crippen molar-refractivity contribution in [2.75, 3.05) is 6.54 Å². The fourth-order valence-electron chi connectivity index (χ4n) is 2.75. The van der Waals surface area contributed by atoms with Crippen LogP contribution in [-0.4, -0.2) is 29.3 Å². The van der Waals surface area contributed by atoms with Crippen molar-refractivity contribution in [3.63, 3.8) is 0 Å². The molecule has 3 N–H and O–H groups in total. The van der Waals surface area contributed by atoms with Gasteiger partial charge in [0.25, 0.3) is 0 Å². The van der Waals surface area contributed by atoms with Gasteiger partial charge in [-0.2, -0.15) is 0 Å². The maximum Gasteiger partial charge on any atom is 0.237 e. The number of carbonyl (C=O) groups is 2. The normalized spacial score (nSPS) is 17.2. The summed E-state index contributed by atoms with van der Waals surface area (Å²) in [5.74, 6) is 0.283. The van der Waals surface area contributed by atoms with Gasteiger partial charge in [-0.15, -0.1) is 0 Å². The van der Waals surface area contributed by atoms with E-state index < -0.39 is 6.04 Å². The molecule has 126 valence electrons. The Hall–Kier alpha value is -1.88. The molecule has 23 heavy (non-hydrogen) atoms. The molecule has 0 saturated carbocycles. The van der Waals surface area contributed by atoms with Crippen LogP contribution in [0.25, 0.3) is 0 Å². The van der Waals surface area contributed by atoms with Crippen molar-refractivity contribution in [2.24, 2.45) is 11.7 Å². The summed E-state index contributed by atoms with van der Waals surface area (Å²) in [7, 11) is 0. The molecule has 2 rings (SSSR count). The first-order chi connectivity index (χ1) is 11.0. The number of hydrogen-bond acceptors (Lipinski definition) is 3. The molecule has 1 fully saturated rings. The minimum atomic E-state index is -0.467. The number of nitrogens with zero attached hydrogens (tertiary/aromatic N) is 1. The topological polar surface area (TPSA) is 75.4 Å². The summed E-state index contributed by atoms with van der Waals surface area (Å²) in [5, 5.41) is 2.90. The minimum Gasteiger partial charge on any atom is -0.351 e. The Morgan fingerprint density at radius 1 is 1.39 bits per heavy atom. The summed E-state index contributed by atoms with van der Waals surface area (Å²) in [4.78, 5) is 25.6. The van der Waals surface area contributed by atoms with Crippen molar-refractivity contribution in [1.82, 2.24) is 10.2 Å². The van der Waals surface area contributed by atoms with Crippen LogP contribution < -0.4 is 11.1 Å². The van der Waals surface area contributed by atoms with Crippen LogP contribution in [0.3, 0.4) is 0 Å². The lowest BCUT2D eigenvalue weighted by Gasteiger charge is -2.18. The molecule has 2 amide bonds. The summed E-state index contributed by atoms with van der Waals surface area (Å²) in [6.07, 6.45) is 2.49. The molecular weight excluding hydrogens is 290 g/mol. The lowest BCUT2D eigenvalue weighted by molar-refractivity contribution is -0.128. The van der Waals surface area contributed by atoms with E-state index in [4.69, 9.17) is 5.73 Å². The minimum absolute atomic E-state index is 0.112. The number of nitrogens with two attached hydrogens (primary N) is 1. The Morgan fingerprint density at radius 3 is 2.78 bits per heavy atom. The standard InChI is InChI=1S/C18H27N3O2/c1-3-13(2)17(19)18(23)20-11-14-6-4-7-15(10-14)12-21-9-5-8-16(21)22/h4,6-7,10,13,17H,3,5,8-9,11-12,19H2,1-2H3,(H,20,23). The van der Waals surface area contributed by atoms with Crippen LogP contribution in [0.15, 0.2) is 24.3 Å². The van der Waals surface area contributed by atoms with Gasteiger partial charge in [-0.1, -0.05) is 44.5 Å². The molecule has 5 heteroatoms. The molecule has 0 bridgehead atoms. The number of rotatable bonds is 7. The first-order valence-electron chi connectivity index (χ1n) is 8.40. The van der Waals surface area contributed by atoms with Gasteiger partial charge in [0.2, 0.25) is 11.8 Å². The predicted molar refractivity (Wildman–Crippen MR) is 90.4 cm³/mol. The highest BCUT2D eigenvalue weighted by Gasteiger charge is 2.20. The maximum absolute atomic E-state index is 12.0. The van der Waals surface area contributed by atoms with Crippen molar-refractivity contribution >= 4 is 11.8 Å². The van der Waals surface area contributed by atoms with Crippen molar-refractivity contribution in [1.29, 1.82) is 0 Å². The summed E-state index contributed by atoms with van der Waals surface area (Å²) in [6, 6.07) is 7.53. The first-order valence-corrected chi connectivity index (χ1v) is 8.40. The average molecular weight is 317 g/mol. The molecule has 0 radical (unpaired) electrons. The fourth-order valence-corrected chi connectivity index (χ4v) is 2.75. The van der Waals surface area contributed by atoms with E-state index in [1.807, 2.05) is 43.0 Å². The molecule has 1 aliphatic rings. The highest BCUT2D eigenvalue weighted by Crippen LogP contribution is 2.15. The van der Waals surface area contributed by atoms with E-state index in [2.05, 4.69) is 5.32 Å². The van der Waals surface area contributed by atoms with Crippen molar-refractivity contribution in [3.8, 4) is 0 Å². The van der Waals surface area contributed by atoms with Gasteiger partial charge >= 0.3 is 0 Å². The second-order valence-electron chi connectivity index (χ2n) is 6.37. The predicted octanol–water partition coefficient (Wildman–Crippen LogP) is 1.80. The van der Waals surface area contributed by atoms with E-state index in [0.29, 0.717) is 19.5 Å². The Bertz CT molecular complexity index is 559. The lowest BCUT2D eigenvalue weighted by atomic mass is 9.99.